The standard InChI is InChI=1S/C18H14Br2N2O2/c1-23-16-7-12(15(20)8-17(16)24-2)13-9-21-10-22-18(13)11-5-3-4-6-14(11)19/h3-10H,1-2H3. The average Bonchev–Trinajstić information content (AvgIpc) is 2.62. The number of benzene rings is 2. The SMILES string of the molecule is COc1cc(Br)c(-c2cncnc2-c2ccccc2Br)cc1OC. The molecule has 0 fully saturated rings. The Balaban J connectivity index is 2.24. The van der Waals surface area contributed by atoms with E-state index in [4.69, 9.17) is 9.47 Å². The van der Waals surface area contributed by atoms with E-state index in [1.54, 1.807) is 26.7 Å². The molecule has 3 aromatic rings. The third-order valence-corrected chi connectivity index (χ3v) is 4.95. The summed E-state index contributed by atoms with van der Waals surface area (Å²) in [6.45, 7) is 0. The van der Waals surface area contributed by atoms with Crippen molar-refractivity contribution >= 4 is 31.9 Å². The summed E-state index contributed by atoms with van der Waals surface area (Å²) < 4.78 is 12.6. The molecular formula is C18H14Br2N2O2. The molecule has 1 aromatic heterocycles. The number of nitrogens with zero attached hydrogens (tertiary/aromatic N) is 2. The smallest absolute Gasteiger partial charge is 0.161 e. The van der Waals surface area contributed by atoms with E-state index in [-0.39, 0.29) is 0 Å². The van der Waals surface area contributed by atoms with Gasteiger partial charge in [0, 0.05) is 31.8 Å². The van der Waals surface area contributed by atoms with E-state index in [1.807, 2.05) is 36.4 Å². The molecule has 4 nitrogen and oxygen atoms in total. The third-order valence-electron chi connectivity index (χ3n) is 3.60. The Bertz CT molecular complexity index is 885. The molecule has 0 spiro atoms. The monoisotopic (exact) mass is 448 g/mol. The fraction of sp³-hybridized carbons (Fsp3) is 0.111. The molecule has 0 unspecified atom stereocenters. The van der Waals surface area contributed by atoms with Crippen molar-refractivity contribution in [2.75, 3.05) is 14.2 Å². The van der Waals surface area contributed by atoms with Crippen LogP contribution in [0.3, 0.4) is 0 Å². The van der Waals surface area contributed by atoms with Gasteiger partial charge in [-0.05, 0) is 18.2 Å². The van der Waals surface area contributed by atoms with Crippen LogP contribution >= 0.6 is 31.9 Å². The number of rotatable bonds is 4. The molecule has 6 heteroatoms. The zero-order chi connectivity index (χ0) is 17.1. The summed E-state index contributed by atoms with van der Waals surface area (Å²) in [6, 6.07) is 11.8. The van der Waals surface area contributed by atoms with Crippen LogP contribution in [0.4, 0.5) is 0 Å². The van der Waals surface area contributed by atoms with Crippen LogP contribution in [0.15, 0.2) is 57.9 Å². The normalized spacial score (nSPS) is 10.5. The molecule has 1 heterocycles. The topological polar surface area (TPSA) is 44.2 Å². The van der Waals surface area contributed by atoms with Gasteiger partial charge in [-0.25, -0.2) is 9.97 Å². The lowest BCUT2D eigenvalue weighted by Crippen LogP contribution is -1.95. The maximum absolute atomic E-state index is 5.43. The van der Waals surface area contributed by atoms with Crippen LogP contribution in [0.1, 0.15) is 0 Å². The van der Waals surface area contributed by atoms with Gasteiger partial charge in [-0.3, -0.25) is 0 Å². The van der Waals surface area contributed by atoms with Gasteiger partial charge in [0.15, 0.2) is 11.5 Å². The van der Waals surface area contributed by atoms with Gasteiger partial charge in [0.2, 0.25) is 0 Å². The van der Waals surface area contributed by atoms with Gasteiger partial charge in [0.1, 0.15) is 6.33 Å². The number of halogens is 2. The second-order valence-electron chi connectivity index (χ2n) is 4.95. The van der Waals surface area contributed by atoms with Crippen molar-refractivity contribution in [3.63, 3.8) is 0 Å². The Morgan fingerprint density at radius 1 is 0.833 bits per heavy atom. The molecule has 24 heavy (non-hydrogen) atoms. The molecule has 0 saturated carbocycles. The number of ether oxygens (including phenoxy) is 2. The van der Waals surface area contributed by atoms with Gasteiger partial charge in [-0.2, -0.15) is 0 Å². The van der Waals surface area contributed by atoms with Crippen molar-refractivity contribution in [2.24, 2.45) is 0 Å². The minimum absolute atomic E-state index is 0.651. The maximum atomic E-state index is 5.43. The third kappa shape index (κ3) is 3.16. The van der Waals surface area contributed by atoms with Gasteiger partial charge in [0.25, 0.3) is 0 Å². The first-order valence-electron chi connectivity index (χ1n) is 7.12. The Morgan fingerprint density at radius 3 is 2.25 bits per heavy atom. The van der Waals surface area contributed by atoms with E-state index < -0.39 is 0 Å². The van der Waals surface area contributed by atoms with Crippen molar-refractivity contribution in [1.29, 1.82) is 0 Å². The van der Waals surface area contributed by atoms with E-state index in [2.05, 4.69) is 41.8 Å². The molecule has 0 saturated heterocycles. The van der Waals surface area contributed by atoms with Crippen LogP contribution in [0.25, 0.3) is 22.4 Å². The highest BCUT2D eigenvalue weighted by atomic mass is 79.9. The van der Waals surface area contributed by atoms with E-state index in [1.165, 1.54) is 0 Å². The van der Waals surface area contributed by atoms with E-state index >= 15 is 0 Å². The Morgan fingerprint density at radius 2 is 1.54 bits per heavy atom. The maximum Gasteiger partial charge on any atom is 0.161 e. The van der Waals surface area contributed by atoms with Gasteiger partial charge >= 0.3 is 0 Å². The molecule has 3 rings (SSSR count). The number of aromatic nitrogens is 2. The fourth-order valence-corrected chi connectivity index (χ4v) is 3.46. The van der Waals surface area contributed by atoms with Crippen molar-refractivity contribution in [1.82, 2.24) is 9.97 Å². The highest BCUT2D eigenvalue weighted by Gasteiger charge is 2.17. The minimum atomic E-state index is 0.651. The van der Waals surface area contributed by atoms with Crippen molar-refractivity contribution in [3.8, 4) is 33.9 Å². The summed E-state index contributed by atoms with van der Waals surface area (Å²) >= 11 is 7.20. The van der Waals surface area contributed by atoms with E-state index in [0.717, 1.165) is 31.3 Å². The summed E-state index contributed by atoms with van der Waals surface area (Å²) in [5.74, 6) is 1.31. The van der Waals surface area contributed by atoms with Crippen molar-refractivity contribution in [3.05, 3.63) is 57.9 Å². The first kappa shape index (κ1) is 16.9. The second-order valence-corrected chi connectivity index (χ2v) is 6.66. The summed E-state index contributed by atoms with van der Waals surface area (Å²) in [7, 11) is 3.23. The Hall–Kier alpha value is -1.92. The largest absolute Gasteiger partial charge is 0.493 e. The number of methoxy groups -OCH3 is 2. The van der Waals surface area contributed by atoms with Crippen molar-refractivity contribution < 1.29 is 9.47 Å². The lowest BCUT2D eigenvalue weighted by Gasteiger charge is -2.14. The van der Waals surface area contributed by atoms with Crippen molar-refractivity contribution in [2.45, 2.75) is 0 Å². The first-order valence-corrected chi connectivity index (χ1v) is 8.71. The summed E-state index contributed by atoms with van der Waals surface area (Å²) in [5.41, 5.74) is 3.67. The quantitative estimate of drug-likeness (QED) is 0.538. The molecule has 0 aliphatic heterocycles. The summed E-state index contributed by atoms with van der Waals surface area (Å²) in [4.78, 5) is 8.69. The van der Waals surface area contributed by atoms with Crippen LogP contribution in [-0.2, 0) is 0 Å². The zero-order valence-corrected chi connectivity index (χ0v) is 16.3. The molecule has 0 aliphatic carbocycles. The van der Waals surface area contributed by atoms with Gasteiger partial charge < -0.3 is 9.47 Å². The summed E-state index contributed by atoms with van der Waals surface area (Å²) in [5, 5.41) is 0. The van der Waals surface area contributed by atoms with Crippen LogP contribution in [0.5, 0.6) is 11.5 Å². The number of hydrogen-bond donors (Lipinski definition) is 0. The molecule has 0 aliphatic rings. The molecule has 0 amide bonds. The molecule has 2 aromatic carbocycles. The van der Waals surface area contributed by atoms with Gasteiger partial charge in [0.05, 0.1) is 19.9 Å². The highest BCUT2D eigenvalue weighted by molar-refractivity contribution is 9.11. The fourth-order valence-electron chi connectivity index (χ4n) is 2.46. The second kappa shape index (κ2) is 7.32. The predicted molar refractivity (Wildman–Crippen MR) is 101 cm³/mol. The van der Waals surface area contributed by atoms with Crippen LogP contribution in [-0.4, -0.2) is 24.2 Å². The first-order chi connectivity index (χ1) is 11.7. The van der Waals surface area contributed by atoms with Gasteiger partial charge in [-0.1, -0.05) is 50.1 Å². The molecule has 0 bridgehead atoms. The van der Waals surface area contributed by atoms with Crippen LogP contribution < -0.4 is 9.47 Å². The lowest BCUT2D eigenvalue weighted by molar-refractivity contribution is 0.355. The van der Waals surface area contributed by atoms with E-state index in [0.29, 0.717) is 11.5 Å². The summed E-state index contributed by atoms with van der Waals surface area (Å²) in [6.07, 6.45) is 3.35. The lowest BCUT2D eigenvalue weighted by atomic mass is 10.0. The average molecular weight is 450 g/mol. The Kier molecular flexibility index (Phi) is 5.16. The predicted octanol–water partition coefficient (Wildman–Crippen LogP) is 5.35. The van der Waals surface area contributed by atoms with E-state index in [9.17, 15) is 0 Å². The minimum Gasteiger partial charge on any atom is -0.493 e. The Labute approximate surface area is 157 Å². The van der Waals surface area contributed by atoms with Crippen LogP contribution in [0.2, 0.25) is 0 Å². The number of hydrogen-bond acceptors (Lipinski definition) is 4. The van der Waals surface area contributed by atoms with Gasteiger partial charge in [-0.15, -0.1) is 0 Å². The highest BCUT2D eigenvalue weighted by Crippen LogP contribution is 2.42. The zero-order valence-electron chi connectivity index (χ0n) is 13.1. The molecule has 0 atom stereocenters. The van der Waals surface area contributed by atoms with Crippen LogP contribution in [0, 0.1) is 0 Å². The molecule has 0 N–H and O–H groups in total. The molecule has 0 radical (unpaired) electrons. The molecule has 122 valence electrons. The molecular weight excluding hydrogens is 436 g/mol.